The van der Waals surface area contributed by atoms with E-state index in [-0.39, 0.29) is 4.90 Å². The number of aromatic amines is 1. The zero-order valence-electron chi connectivity index (χ0n) is 17.6. The minimum absolute atomic E-state index is 0.112. The number of hydrogen-bond acceptors (Lipinski definition) is 4. The third-order valence-corrected chi connectivity index (χ3v) is 6.76. The van der Waals surface area contributed by atoms with Crippen molar-refractivity contribution in [1.82, 2.24) is 24.5 Å². The molecular formula is C23H22N6O2S. The summed E-state index contributed by atoms with van der Waals surface area (Å²) in [7, 11) is -2.06. The summed E-state index contributed by atoms with van der Waals surface area (Å²) >= 11 is 0. The maximum absolute atomic E-state index is 12.7. The van der Waals surface area contributed by atoms with E-state index in [2.05, 4.69) is 51.1 Å². The van der Waals surface area contributed by atoms with E-state index in [1.807, 2.05) is 29.1 Å². The highest BCUT2D eigenvalue weighted by molar-refractivity contribution is 7.92. The van der Waals surface area contributed by atoms with Crippen LogP contribution in [0.25, 0.3) is 27.7 Å². The highest BCUT2D eigenvalue weighted by Gasteiger charge is 2.18. The van der Waals surface area contributed by atoms with Crippen molar-refractivity contribution in [3.05, 3.63) is 79.0 Å². The third kappa shape index (κ3) is 3.67. The lowest BCUT2D eigenvalue weighted by atomic mass is 10.1. The molecule has 0 saturated heterocycles. The standard InChI is InChI=1S/C23H22N6O2S/c1-3-16-4-7-19(8-5-16)29-14-18(11-26-29)17-6-9-22-21(10-17)23(13-24-22)27-32(30,31)20-12-25-28(2)15-20/h4-15,24,27H,3H2,1-2H3. The molecule has 2 aromatic carbocycles. The van der Waals surface area contributed by atoms with Gasteiger partial charge in [-0.2, -0.15) is 10.2 Å². The Morgan fingerprint density at radius 2 is 1.81 bits per heavy atom. The van der Waals surface area contributed by atoms with E-state index in [0.29, 0.717) is 5.69 Å². The average molecular weight is 447 g/mol. The van der Waals surface area contributed by atoms with Gasteiger partial charge in [0.05, 0.1) is 23.8 Å². The van der Waals surface area contributed by atoms with Crippen LogP contribution in [0.1, 0.15) is 12.5 Å². The Balaban J connectivity index is 1.47. The van der Waals surface area contributed by atoms with Crippen molar-refractivity contribution in [3.8, 4) is 16.8 Å². The second-order valence-electron chi connectivity index (χ2n) is 7.61. The smallest absolute Gasteiger partial charge is 0.265 e. The van der Waals surface area contributed by atoms with Crippen LogP contribution < -0.4 is 4.72 Å². The summed E-state index contributed by atoms with van der Waals surface area (Å²) in [6.07, 6.45) is 9.21. The molecule has 3 aromatic heterocycles. The molecule has 0 atom stereocenters. The number of anilines is 1. The minimum Gasteiger partial charge on any atom is -0.359 e. The molecule has 0 fully saturated rings. The van der Waals surface area contributed by atoms with Gasteiger partial charge >= 0.3 is 0 Å². The van der Waals surface area contributed by atoms with Gasteiger partial charge in [-0.1, -0.05) is 25.1 Å². The van der Waals surface area contributed by atoms with Gasteiger partial charge in [-0.3, -0.25) is 9.40 Å². The molecule has 0 bridgehead atoms. The van der Waals surface area contributed by atoms with Crippen LogP contribution in [0.2, 0.25) is 0 Å². The molecule has 0 radical (unpaired) electrons. The molecule has 0 aliphatic heterocycles. The zero-order chi connectivity index (χ0) is 22.3. The van der Waals surface area contributed by atoms with E-state index in [9.17, 15) is 8.42 Å². The Morgan fingerprint density at radius 1 is 1.00 bits per heavy atom. The molecule has 5 aromatic rings. The quantitative estimate of drug-likeness (QED) is 0.410. The minimum atomic E-state index is -3.74. The normalized spacial score (nSPS) is 11.8. The largest absolute Gasteiger partial charge is 0.359 e. The number of hydrogen-bond donors (Lipinski definition) is 2. The monoisotopic (exact) mass is 446 g/mol. The molecule has 0 aliphatic carbocycles. The van der Waals surface area contributed by atoms with Gasteiger partial charge in [0, 0.05) is 42.1 Å². The van der Waals surface area contributed by atoms with Crippen molar-refractivity contribution in [2.75, 3.05) is 4.72 Å². The maximum Gasteiger partial charge on any atom is 0.265 e. The Labute approximate surface area is 185 Å². The van der Waals surface area contributed by atoms with Gasteiger partial charge in [-0.05, 0) is 41.8 Å². The molecular weight excluding hydrogens is 424 g/mol. The number of sulfonamides is 1. The summed E-state index contributed by atoms with van der Waals surface area (Å²) in [5.74, 6) is 0. The van der Waals surface area contributed by atoms with E-state index in [4.69, 9.17) is 0 Å². The van der Waals surface area contributed by atoms with Crippen LogP contribution in [-0.4, -0.2) is 33.0 Å². The molecule has 2 N–H and O–H groups in total. The summed E-state index contributed by atoms with van der Waals surface area (Å²) in [5, 5.41) is 9.22. The lowest BCUT2D eigenvalue weighted by molar-refractivity contribution is 0.601. The molecule has 162 valence electrons. The van der Waals surface area contributed by atoms with Gasteiger partial charge in [0.1, 0.15) is 4.90 Å². The van der Waals surface area contributed by atoms with Crippen LogP contribution in [-0.2, 0) is 23.5 Å². The number of aryl methyl sites for hydroxylation is 2. The second-order valence-corrected chi connectivity index (χ2v) is 9.29. The van der Waals surface area contributed by atoms with Gasteiger partial charge in [-0.15, -0.1) is 0 Å². The average Bonchev–Trinajstić information content (AvgIpc) is 3.54. The van der Waals surface area contributed by atoms with Crippen molar-refractivity contribution in [2.45, 2.75) is 18.2 Å². The molecule has 0 spiro atoms. The van der Waals surface area contributed by atoms with E-state index < -0.39 is 10.0 Å². The Bertz CT molecular complexity index is 1510. The summed E-state index contributed by atoms with van der Waals surface area (Å²) in [6, 6.07) is 14.2. The fourth-order valence-corrected chi connectivity index (χ4v) is 4.68. The number of fused-ring (bicyclic) bond motifs is 1. The molecule has 0 unspecified atom stereocenters. The molecule has 9 heteroatoms. The van der Waals surface area contributed by atoms with Crippen molar-refractivity contribution in [3.63, 3.8) is 0 Å². The van der Waals surface area contributed by atoms with E-state index in [1.165, 1.54) is 22.6 Å². The lowest BCUT2D eigenvalue weighted by Gasteiger charge is -2.05. The molecule has 5 rings (SSSR count). The second kappa shape index (κ2) is 7.69. The summed E-state index contributed by atoms with van der Waals surface area (Å²) in [5.41, 5.74) is 5.46. The van der Waals surface area contributed by atoms with Crippen molar-refractivity contribution < 1.29 is 8.42 Å². The predicted octanol–water partition coefficient (Wildman–Crippen LogP) is 4.12. The Hall–Kier alpha value is -3.85. The van der Waals surface area contributed by atoms with Crippen LogP contribution in [0.15, 0.2) is 78.3 Å². The fraction of sp³-hybridized carbons (Fsp3) is 0.130. The summed E-state index contributed by atoms with van der Waals surface area (Å²) < 4.78 is 31.4. The predicted molar refractivity (Wildman–Crippen MR) is 124 cm³/mol. The topological polar surface area (TPSA) is 97.6 Å². The van der Waals surface area contributed by atoms with E-state index >= 15 is 0 Å². The van der Waals surface area contributed by atoms with Crippen LogP contribution in [0.3, 0.4) is 0 Å². The van der Waals surface area contributed by atoms with Crippen molar-refractivity contribution in [2.24, 2.45) is 7.05 Å². The Morgan fingerprint density at radius 3 is 2.53 bits per heavy atom. The number of nitrogens with one attached hydrogen (secondary N) is 2. The number of benzene rings is 2. The van der Waals surface area contributed by atoms with Gasteiger partial charge in [0.25, 0.3) is 10.0 Å². The number of rotatable bonds is 6. The molecule has 8 nitrogen and oxygen atoms in total. The maximum atomic E-state index is 12.7. The first kappa shape index (κ1) is 20.1. The van der Waals surface area contributed by atoms with Crippen LogP contribution in [0, 0.1) is 0 Å². The molecule has 0 aliphatic rings. The first-order valence-electron chi connectivity index (χ1n) is 10.2. The van der Waals surface area contributed by atoms with E-state index in [0.717, 1.165) is 34.1 Å². The molecule has 0 saturated carbocycles. The number of aromatic nitrogens is 5. The molecule has 32 heavy (non-hydrogen) atoms. The molecule has 3 heterocycles. The molecule has 0 amide bonds. The van der Waals surface area contributed by atoms with Crippen LogP contribution in [0.4, 0.5) is 5.69 Å². The van der Waals surface area contributed by atoms with Crippen molar-refractivity contribution in [1.29, 1.82) is 0 Å². The highest BCUT2D eigenvalue weighted by atomic mass is 32.2. The van der Waals surface area contributed by atoms with Gasteiger partial charge < -0.3 is 4.98 Å². The summed E-state index contributed by atoms with van der Waals surface area (Å²) in [6.45, 7) is 2.13. The lowest BCUT2D eigenvalue weighted by Crippen LogP contribution is -2.11. The zero-order valence-corrected chi connectivity index (χ0v) is 18.5. The summed E-state index contributed by atoms with van der Waals surface area (Å²) in [4.78, 5) is 3.23. The highest BCUT2D eigenvalue weighted by Crippen LogP contribution is 2.30. The van der Waals surface area contributed by atoms with E-state index in [1.54, 1.807) is 19.4 Å². The first-order valence-corrected chi connectivity index (χ1v) is 11.7. The fourth-order valence-electron chi connectivity index (χ4n) is 3.62. The van der Waals surface area contributed by atoms with Crippen molar-refractivity contribution >= 4 is 26.6 Å². The number of nitrogens with zero attached hydrogens (tertiary/aromatic N) is 4. The Kier molecular flexibility index (Phi) is 4.82. The van der Waals surface area contributed by atoms with Crippen LogP contribution >= 0.6 is 0 Å². The van der Waals surface area contributed by atoms with Gasteiger partial charge in [0.15, 0.2) is 0 Å². The SMILES string of the molecule is CCc1ccc(-n2cc(-c3ccc4[nH]cc(NS(=O)(=O)c5cnn(C)c5)c4c3)cn2)cc1. The first-order chi connectivity index (χ1) is 15.4. The number of H-pyrrole nitrogens is 1. The third-order valence-electron chi connectivity index (χ3n) is 5.44. The van der Waals surface area contributed by atoms with Gasteiger partial charge in [-0.25, -0.2) is 13.1 Å². The van der Waals surface area contributed by atoms with Crippen LogP contribution in [0.5, 0.6) is 0 Å². The van der Waals surface area contributed by atoms with Gasteiger partial charge in [0.2, 0.25) is 0 Å².